The minimum atomic E-state index is -0.889. The number of aromatic amines is 1. The molecule has 0 aliphatic carbocycles. The first kappa shape index (κ1) is 16.1. The summed E-state index contributed by atoms with van der Waals surface area (Å²) < 4.78 is 17.8. The molecule has 4 atom stereocenters. The lowest BCUT2D eigenvalue weighted by Crippen LogP contribution is -2.38. The van der Waals surface area contributed by atoms with Gasteiger partial charge in [0.1, 0.15) is 0 Å². The van der Waals surface area contributed by atoms with E-state index < -0.39 is 42.0 Å². The molecule has 2 aromatic rings. The third-order valence-electron chi connectivity index (χ3n) is 3.67. The summed E-state index contributed by atoms with van der Waals surface area (Å²) in [4.78, 5) is 45.1. The average molecular weight is 336 g/mol. The zero-order valence-electron chi connectivity index (χ0n) is 13.3. The van der Waals surface area contributed by atoms with Gasteiger partial charge in [-0.25, -0.2) is 9.97 Å². The lowest BCUT2D eigenvalue weighted by atomic mass is 10.1. The monoisotopic (exact) mass is 336 g/mol. The molecule has 10 heteroatoms. The van der Waals surface area contributed by atoms with Crippen LogP contribution in [0.1, 0.15) is 27.0 Å². The summed E-state index contributed by atoms with van der Waals surface area (Å²) in [7, 11) is 0. The Balaban J connectivity index is 2.03. The number of carbonyl (C=O) groups is 2. The van der Waals surface area contributed by atoms with E-state index >= 15 is 0 Å². The normalized spacial score (nSPS) is 26.5. The molecule has 24 heavy (non-hydrogen) atoms. The van der Waals surface area contributed by atoms with Crippen molar-refractivity contribution in [2.24, 2.45) is 0 Å². The van der Waals surface area contributed by atoms with Crippen LogP contribution >= 0.6 is 0 Å². The van der Waals surface area contributed by atoms with Gasteiger partial charge in [-0.15, -0.1) is 0 Å². The minimum Gasteiger partial charge on any atom is -0.456 e. The third-order valence-corrected chi connectivity index (χ3v) is 3.67. The summed E-state index contributed by atoms with van der Waals surface area (Å²) in [6, 6.07) is 0. The van der Waals surface area contributed by atoms with E-state index in [2.05, 4.69) is 15.0 Å². The summed E-state index contributed by atoms with van der Waals surface area (Å²) in [6.07, 6.45) is -0.409. The highest BCUT2D eigenvalue weighted by molar-refractivity contribution is 5.69. The van der Waals surface area contributed by atoms with Crippen LogP contribution in [-0.4, -0.2) is 49.8 Å². The average Bonchev–Trinajstić information content (AvgIpc) is 3.03. The SMILES string of the molecule is CC(=O)O[C@@H]1[C@H](OC(C)=O)[C@@H](C)O[C@H]1n1cnc2c(=O)[nH]cnc21. The van der Waals surface area contributed by atoms with E-state index in [0.717, 1.165) is 0 Å². The Bertz CT molecular complexity index is 843. The molecular weight excluding hydrogens is 320 g/mol. The molecule has 3 rings (SSSR count). The highest BCUT2D eigenvalue weighted by Gasteiger charge is 2.48. The molecule has 0 saturated carbocycles. The predicted octanol–water partition coefficient (Wildman–Crippen LogP) is -0.0997. The van der Waals surface area contributed by atoms with E-state index in [1.165, 1.54) is 31.1 Å². The van der Waals surface area contributed by atoms with Crippen LogP contribution in [0, 0.1) is 0 Å². The van der Waals surface area contributed by atoms with Crippen LogP contribution in [0.15, 0.2) is 17.4 Å². The Morgan fingerprint density at radius 3 is 2.54 bits per heavy atom. The molecular formula is C14H16N4O6. The topological polar surface area (TPSA) is 125 Å². The maximum absolute atomic E-state index is 11.8. The minimum absolute atomic E-state index is 0.131. The van der Waals surface area contributed by atoms with E-state index in [9.17, 15) is 14.4 Å². The molecule has 0 spiro atoms. The highest BCUT2D eigenvalue weighted by atomic mass is 16.6. The summed E-state index contributed by atoms with van der Waals surface area (Å²) >= 11 is 0. The molecule has 1 saturated heterocycles. The Labute approximate surface area is 135 Å². The Morgan fingerprint density at radius 1 is 1.21 bits per heavy atom. The van der Waals surface area contributed by atoms with Crippen molar-refractivity contribution in [2.75, 3.05) is 0 Å². The quantitative estimate of drug-likeness (QED) is 0.770. The number of imidazole rings is 1. The first-order chi connectivity index (χ1) is 11.4. The third kappa shape index (κ3) is 2.75. The second kappa shape index (κ2) is 6.04. The molecule has 10 nitrogen and oxygen atoms in total. The van der Waals surface area contributed by atoms with E-state index in [1.54, 1.807) is 6.92 Å². The molecule has 0 radical (unpaired) electrons. The molecule has 0 unspecified atom stereocenters. The smallest absolute Gasteiger partial charge is 0.303 e. The number of nitrogens with zero attached hydrogens (tertiary/aromatic N) is 3. The van der Waals surface area contributed by atoms with Crippen molar-refractivity contribution in [1.82, 2.24) is 19.5 Å². The first-order valence-electron chi connectivity index (χ1n) is 7.28. The predicted molar refractivity (Wildman–Crippen MR) is 78.8 cm³/mol. The van der Waals surface area contributed by atoms with Crippen molar-refractivity contribution in [3.8, 4) is 0 Å². The second-order valence-electron chi connectivity index (χ2n) is 5.44. The van der Waals surface area contributed by atoms with Crippen LogP contribution in [0.3, 0.4) is 0 Å². The van der Waals surface area contributed by atoms with Crippen molar-refractivity contribution in [1.29, 1.82) is 0 Å². The van der Waals surface area contributed by atoms with Gasteiger partial charge in [-0.05, 0) is 6.92 Å². The molecule has 3 heterocycles. The number of H-pyrrole nitrogens is 1. The fraction of sp³-hybridized carbons (Fsp3) is 0.500. The Hall–Kier alpha value is -2.75. The van der Waals surface area contributed by atoms with Crippen molar-refractivity contribution in [3.63, 3.8) is 0 Å². The van der Waals surface area contributed by atoms with E-state index in [4.69, 9.17) is 14.2 Å². The van der Waals surface area contributed by atoms with Gasteiger partial charge >= 0.3 is 11.9 Å². The summed E-state index contributed by atoms with van der Waals surface area (Å²) in [5, 5.41) is 0. The van der Waals surface area contributed by atoms with Gasteiger partial charge in [0.2, 0.25) is 0 Å². The summed E-state index contributed by atoms with van der Waals surface area (Å²) in [5.74, 6) is -1.06. The fourth-order valence-electron chi connectivity index (χ4n) is 2.75. The van der Waals surface area contributed by atoms with Gasteiger partial charge in [0.05, 0.1) is 18.8 Å². The number of esters is 2. The van der Waals surface area contributed by atoms with Crippen molar-refractivity contribution in [2.45, 2.75) is 45.3 Å². The molecule has 1 fully saturated rings. The second-order valence-corrected chi connectivity index (χ2v) is 5.44. The number of ether oxygens (including phenoxy) is 3. The van der Waals surface area contributed by atoms with Gasteiger partial charge in [-0.3, -0.25) is 19.0 Å². The van der Waals surface area contributed by atoms with Gasteiger partial charge in [-0.1, -0.05) is 0 Å². The van der Waals surface area contributed by atoms with Crippen molar-refractivity contribution < 1.29 is 23.8 Å². The molecule has 0 aromatic carbocycles. The van der Waals surface area contributed by atoms with E-state index in [1.807, 2.05) is 0 Å². The zero-order chi connectivity index (χ0) is 17.4. The maximum atomic E-state index is 11.8. The van der Waals surface area contributed by atoms with Gasteiger partial charge in [0, 0.05) is 13.8 Å². The van der Waals surface area contributed by atoms with Crippen LogP contribution in [-0.2, 0) is 23.8 Å². The number of rotatable bonds is 3. The number of hydrogen-bond acceptors (Lipinski definition) is 8. The summed E-state index contributed by atoms with van der Waals surface area (Å²) in [5.41, 5.74) is 0.00760. The molecule has 0 bridgehead atoms. The zero-order valence-corrected chi connectivity index (χ0v) is 13.3. The molecule has 2 aromatic heterocycles. The molecule has 1 aliphatic heterocycles. The number of fused-ring (bicyclic) bond motifs is 1. The van der Waals surface area contributed by atoms with Gasteiger partial charge < -0.3 is 19.2 Å². The maximum Gasteiger partial charge on any atom is 0.303 e. The molecule has 0 amide bonds. The van der Waals surface area contributed by atoms with E-state index in [-0.39, 0.29) is 11.2 Å². The molecule has 1 aliphatic rings. The van der Waals surface area contributed by atoms with Gasteiger partial charge in [-0.2, -0.15) is 0 Å². The lowest BCUT2D eigenvalue weighted by molar-refractivity contribution is -0.165. The summed E-state index contributed by atoms with van der Waals surface area (Å²) in [6.45, 7) is 4.21. The molecule has 128 valence electrons. The van der Waals surface area contributed by atoms with Crippen molar-refractivity contribution in [3.05, 3.63) is 23.0 Å². The number of hydrogen-bond donors (Lipinski definition) is 1. The van der Waals surface area contributed by atoms with Crippen molar-refractivity contribution >= 4 is 23.1 Å². The standard InChI is InChI=1S/C14H16N4O6/c1-6-10(23-7(2)19)11(24-8(3)20)14(22-6)18-5-17-9-12(18)15-4-16-13(9)21/h4-6,10-11,14H,1-3H3,(H,15,16,21)/t6-,10-,11-,14-/m1/s1. The van der Waals surface area contributed by atoms with Crippen LogP contribution in [0.25, 0.3) is 11.2 Å². The lowest BCUT2D eigenvalue weighted by Gasteiger charge is -2.23. The molecule has 1 N–H and O–H groups in total. The number of aromatic nitrogens is 4. The van der Waals surface area contributed by atoms with Gasteiger partial charge in [0.25, 0.3) is 5.56 Å². The van der Waals surface area contributed by atoms with Crippen LogP contribution < -0.4 is 5.56 Å². The van der Waals surface area contributed by atoms with Gasteiger partial charge in [0.15, 0.2) is 29.6 Å². The number of carbonyl (C=O) groups excluding carboxylic acids is 2. The number of nitrogens with one attached hydrogen (secondary N) is 1. The fourth-order valence-corrected chi connectivity index (χ4v) is 2.75. The largest absolute Gasteiger partial charge is 0.456 e. The first-order valence-corrected chi connectivity index (χ1v) is 7.28. The highest BCUT2D eigenvalue weighted by Crippen LogP contribution is 2.34. The Morgan fingerprint density at radius 2 is 1.88 bits per heavy atom. The van der Waals surface area contributed by atoms with Crippen LogP contribution in [0.5, 0.6) is 0 Å². The Kier molecular flexibility index (Phi) is 4.06. The van der Waals surface area contributed by atoms with Crippen LogP contribution in [0.2, 0.25) is 0 Å². The van der Waals surface area contributed by atoms with E-state index in [0.29, 0.717) is 0 Å². The van der Waals surface area contributed by atoms with Crippen LogP contribution in [0.4, 0.5) is 0 Å².